The molecule has 2 aromatic rings. The SMILES string of the molecule is O=C1COc2ccccc2CCCC[C@H]2CN(Cc3ccccc3F)CC[C@H]2N1. The summed E-state index contributed by atoms with van der Waals surface area (Å²) in [6.45, 7) is 2.43. The van der Waals surface area contributed by atoms with E-state index in [2.05, 4.69) is 16.3 Å². The second-order valence-corrected chi connectivity index (χ2v) is 8.19. The van der Waals surface area contributed by atoms with E-state index < -0.39 is 0 Å². The third kappa shape index (κ3) is 5.15. The minimum atomic E-state index is -0.141. The van der Waals surface area contributed by atoms with Crippen LogP contribution in [0.2, 0.25) is 0 Å². The number of fused-ring (bicyclic) bond motifs is 2. The average Bonchev–Trinajstić information content (AvgIpc) is 2.73. The van der Waals surface area contributed by atoms with Crippen molar-refractivity contribution in [2.24, 2.45) is 5.92 Å². The van der Waals surface area contributed by atoms with Crippen molar-refractivity contribution in [3.63, 3.8) is 0 Å². The fourth-order valence-electron chi connectivity index (χ4n) is 4.57. The first-order valence-corrected chi connectivity index (χ1v) is 10.6. The standard InChI is InChI=1S/C24H29FN2O2/c25-21-11-5-3-9-19(21)15-27-14-13-22-20(16-27)10-2-1-7-18-8-4-6-12-23(18)29-17-24(28)26-22/h3-6,8-9,11-12,20,22H,1-2,7,10,13-17H2,(H,26,28)/t20-,22+/m0/s1. The summed E-state index contributed by atoms with van der Waals surface area (Å²) in [4.78, 5) is 14.8. The van der Waals surface area contributed by atoms with E-state index in [1.165, 1.54) is 11.6 Å². The largest absolute Gasteiger partial charge is 0.483 e. The van der Waals surface area contributed by atoms with E-state index in [4.69, 9.17) is 4.74 Å². The van der Waals surface area contributed by atoms with Gasteiger partial charge in [-0.25, -0.2) is 4.39 Å². The number of piperidine rings is 1. The number of hydrogen-bond acceptors (Lipinski definition) is 3. The van der Waals surface area contributed by atoms with Crippen molar-refractivity contribution in [1.82, 2.24) is 10.2 Å². The maximum absolute atomic E-state index is 14.1. The Hall–Kier alpha value is -2.40. The average molecular weight is 397 g/mol. The van der Waals surface area contributed by atoms with Crippen molar-refractivity contribution in [2.45, 2.75) is 44.7 Å². The van der Waals surface area contributed by atoms with Gasteiger partial charge in [0.15, 0.2) is 6.61 Å². The third-order valence-corrected chi connectivity index (χ3v) is 6.12. The summed E-state index contributed by atoms with van der Waals surface area (Å²) in [6, 6.07) is 15.2. The molecular weight excluding hydrogens is 367 g/mol. The topological polar surface area (TPSA) is 41.6 Å². The Morgan fingerprint density at radius 3 is 2.79 bits per heavy atom. The summed E-state index contributed by atoms with van der Waals surface area (Å²) >= 11 is 0. The summed E-state index contributed by atoms with van der Waals surface area (Å²) in [5, 5.41) is 3.20. The van der Waals surface area contributed by atoms with E-state index in [0.717, 1.165) is 56.5 Å². The zero-order valence-electron chi connectivity index (χ0n) is 16.8. The number of aryl methyl sites for hydroxylation is 1. The Morgan fingerprint density at radius 1 is 1.07 bits per heavy atom. The normalized spacial score (nSPS) is 23.6. The highest BCUT2D eigenvalue weighted by Gasteiger charge is 2.30. The number of halogens is 1. The molecule has 0 spiro atoms. The molecular formula is C24H29FN2O2. The maximum Gasteiger partial charge on any atom is 0.258 e. The second kappa shape index (κ2) is 9.40. The number of likely N-dealkylation sites (tertiary alicyclic amines) is 1. The molecule has 2 atom stereocenters. The van der Waals surface area contributed by atoms with Crippen molar-refractivity contribution in [3.8, 4) is 5.75 Å². The predicted octanol–water partition coefficient (Wildman–Crippen LogP) is 3.94. The van der Waals surface area contributed by atoms with Crippen LogP contribution in [0.4, 0.5) is 4.39 Å². The van der Waals surface area contributed by atoms with Gasteiger partial charge in [-0.05, 0) is 49.3 Å². The van der Waals surface area contributed by atoms with Crippen LogP contribution in [-0.4, -0.2) is 36.5 Å². The van der Waals surface area contributed by atoms with E-state index in [1.807, 2.05) is 30.3 Å². The highest BCUT2D eigenvalue weighted by molar-refractivity contribution is 5.78. The molecule has 1 saturated heterocycles. The first-order valence-electron chi connectivity index (χ1n) is 10.6. The van der Waals surface area contributed by atoms with Gasteiger partial charge in [-0.15, -0.1) is 0 Å². The van der Waals surface area contributed by atoms with Gasteiger partial charge in [0.1, 0.15) is 11.6 Å². The Balaban J connectivity index is 1.42. The zero-order chi connectivity index (χ0) is 20.1. The maximum atomic E-state index is 14.1. The Labute approximate surface area is 172 Å². The zero-order valence-corrected chi connectivity index (χ0v) is 16.8. The molecule has 154 valence electrons. The minimum absolute atomic E-state index is 0.0547. The molecule has 29 heavy (non-hydrogen) atoms. The first-order chi connectivity index (χ1) is 14.2. The third-order valence-electron chi connectivity index (χ3n) is 6.12. The number of carbonyl (C=O) groups excluding carboxylic acids is 1. The Kier molecular flexibility index (Phi) is 6.45. The van der Waals surface area contributed by atoms with Crippen molar-refractivity contribution in [3.05, 3.63) is 65.5 Å². The van der Waals surface area contributed by atoms with Crippen LogP contribution in [0.5, 0.6) is 5.75 Å². The molecule has 1 N–H and O–H groups in total. The van der Waals surface area contributed by atoms with Gasteiger partial charge in [-0.2, -0.15) is 0 Å². The molecule has 0 saturated carbocycles. The molecule has 2 aromatic carbocycles. The smallest absolute Gasteiger partial charge is 0.258 e. The van der Waals surface area contributed by atoms with Gasteiger partial charge < -0.3 is 10.1 Å². The van der Waals surface area contributed by atoms with Crippen molar-refractivity contribution >= 4 is 5.91 Å². The Bertz CT molecular complexity index is 841. The van der Waals surface area contributed by atoms with Crippen LogP contribution in [0.1, 0.15) is 36.8 Å². The molecule has 0 bridgehead atoms. The van der Waals surface area contributed by atoms with Gasteiger partial charge in [0.2, 0.25) is 0 Å². The molecule has 1 amide bonds. The van der Waals surface area contributed by atoms with E-state index in [0.29, 0.717) is 12.5 Å². The number of amides is 1. The van der Waals surface area contributed by atoms with Crippen LogP contribution in [0.25, 0.3) is 0 Å². The van der Waals surface area contributed by atoms with Crippen LogP contribution in [0.15, 0.2) is 48.5 Å². The van der Waals surface area contributed by atoms with Crippen LogP contribution in [0, 0.1) is 11.7 Å². The number of carbonyl (C=O) groups is 1. The summed E-state index contributed by atoms with van der Waals surface area (Å²) in [5.74, 6) is 1.00. The van der Waals surface area contributed by atoms with Crippen LogP contribution < -0.4 is 10.1 Å². The number of nitrogens with zero attached hydrogens (tertiary/aromatic N) is 1. The van der Waals surface area contributed by atoms with Gasteiger partial charge in [0.05, 0.1) is 0 Å². The number of hydrogen-bond donors (Lipinski definition) is 1. The van der Waals surface area contributed by atoms with Gasteiger partial charge in [-0.1, -0.05) is 42.8 Å². The number of para-hydroxylation sites is 1. The highest BCUT2D eigenvalue weighted by atomic mass is 19.1. The number of nitrogens with one attached hydrogen (secondary N) is 1. The van der Waals surface area contributed by atoms with Crippen molar-refractivity contribution < 1.29 is 13.9 Å². The van der Waals surface area contributed by atoms with Gasteiger partial charge in [0.25, 0.3) is 5.91 Å². The summed E-state index contributed by atoms with van der Waals surface area (Å²) in [7, 11) is 0. The van der Waals surface area contributed by atoms with E-state index in [1.54, 1.807) is 6.07 Å². The second-order valence-electron chi connectivity index (χ2n) is 8.19. The summed E-state index contributed by atoms with van der Waals surface area (Å²) in [5.41, 5.74) is 1.91. The monoisotopic (exact) mass is 396 g/mol. The molecule has 1 fully saturated rings. The molecule has 0 aromatic heterocycles. The quantitative estimate of drug-likeness (QED) is 0.836. The molecule has 0 aliphatic carbocycles. The molecule has 2 heterocycles. The van der Waals surface area contributed by atoms with Crippen molar-refractivity contribution in [2.75, 3.05) is 19.7 Å². The van der Waals surface area contributed by atoms with E-state index in [-0.39, 0.29) is 24.4 Å². The fourth-order valence-corrected chi connectivity index (χ4v) is 4.57. The predicted molar refractivity (Wildman–Crippen MR) is 111 cm³/mol. The number of ether oxygens (including phenoxy) is 1. The highest BCUT2D eigenvalue weighted by Crippen LogP contribution is 2.27. The molecule has 4 nitrogen and oxygen atoms in total. The lowest BCUT2D eigenvalue weighted by molar-refractivity contribution is -0.124. The minimum Gasteiger partial charge on any atom is -0.483 e. The van der Waals surface area contributed by atoms with Gasteiger partial charge >= 0.3 is 0 Å². The molecule has 2 aliphatic heterocycles. The van der Waals surface area contributed by atoms with Crippen molar-refractivity contribution in [1.29, 1.82) is 0 Å². The van der Waals surface area contributed by atoms with E-state index in [9.17, 15) is 9.18 Å². The number of benzene rings is 2. The summed E-state index contributed by atoms with van der Waals surface area (Å²) < 4.78 is 19.9. The van der Waals surface area contributed by atoms with E-state index >= 15 is 0 Å². The van der Waals surface area contributed by atoms with Crippen LogP contribution >= 0.6 is 0 Å². The van der Waals surface area contributed by atoms with Gasteiger partial charge in [-0.3, -0.25) is 9.69 Å². The molecule has 0 radical (unpaired) electrons. The summed E-state index contributed by atoms with van der Waals surface area (Å²) in [6.07, 6.45) is 5.14. The van der Waals surface area contributed by atoms with Gasteiger partial charge in [0, 0.05) is 31.2 Å². The van der Waals surface area contributed by atoms with Crippen LogP contribution in [-0.2, 0) is 17.8 Å². The lowest BCUT2D eigenvalue weighted by Crippen LogP contribution is -2.51. The Morgan fingerprint density at radius 2 is 1.90 bits per heavy atom. The molecule has 4 rings (SSSR count). The lowest BCUT2D eigenvalue weighted by Gasteiger charge is -2.39. The molecule has 5 heteroatoms. The fraction of sp³-hybridized carbons (Fsp3) is 0.458. The van der Waals surface area contributed by atoms with Crippen LogP contribution in [0.3, 0.4) is 0 Å². The molecule has 2 aliphatic rings. The lowest BCUT2D eigenvalue weighted by atomic mass is 9.87. The molecule has 0 unspecified atom stereocenters. The first kappa shape index (κ1) is 19.9. The number of rotatable bonds is 2.